The molecule has 4 heteroatoms. The Morgan fingerprint density at radius 1 is 1.40 bits per heavy atom. The van der Waals surface area contributed by atoms with Crippen LogP contribution in [0.1, 0.15) is 12.5 Å². The van der Waals surface area contributed by atoms with Crippen molar-refractivity contribution >= 4 is 5.97 Å². The van der Waals surface area contributed by atoms with Gasteiger partial charge in [0.2, 0.25) is 0 Å². The monoisotopic (exact) mass is 212 g/mol. The van der Waals surface area contributed by atoms with Crippen LogP contribution in [-0.2, 0) is 16.1 Å². The molecule has 1 rings (SSSR count). The quantitative estimate of drug-likeness (QED) is 0.568. The van der Waals surface area contributed by atoms with Gasteiger partial charge in [-0.2, -0.15) is 0 Å². The largest absolute Gasteiger partial charge is 0.457 e. The lowest BCUT2D eigenvalue weighted by Crippen LogP contribution is -2.07. The van der Waals surface area contributed by atoms with E-state index in [0.29, 0.717) is 0 Å². The Morgan fingerprint density at radius 2 is 1.93 bits per heavy atom. The first kappa shape index (κ1) is 11.4. The maximum absolute atomic E-state index is 13.0. The molecule has 0 fully saturated rings. The molecule has 0 saturated carbocycles. The Bertz CT molecular complexity index is 379. The maximum Gasteiger partial charge on any atom is 0.333 e. The first-order valence-electron chi connectivity index (χ1n) is 4.28. The van der Waals surface area contributed by atoms with E-state index in [1.807, 2.05) is 0 Å². The van der Waals surface area contributed by atoms with Crippen LogP contribution in [0.2, 0.25) is 0 Å². The highest BCUT2D eigenvalue weighted by Crippen LogP contribution is 2.13. The van der Waals surface area contributed by atoms with Gasteiger partial charge in [-0.3, -0.25) is 0 Å². The van der Waals surface area contributed by atoms with Gasteiger partial charge in [0.15, 0.2) is 0 Å². The lowest BCUT2D eigenvalue weighted by molar-refractivity contribution is -0.140. The fraction of sp³-hybridized carbons (Fsp3) is 0.182. The van der Waals surface area contributed by atoms with Crippen LogP contribution in [0.5, 0.6) is 0 Å². The van der Waals surface area contributed by atoms with Crippen molar-refractivity contribution in [1.29, 1.82) is 0 Å². The number of rotatable bonds is 3. The average molecular weight is 212 g/mol. The Kier molecular flexibility index (Phi) is 3.55. The smallest absolute Gasteiger partial charge is 0.333 e. The van der Waals surface area contributed by atoms with Gasteiger partial charge < -0.3 is 4.74 Å². The number of benzene rings is 1. The standard InChI is InChI=1S/C11H10F2O2/c1-7(2)11(14)15-6-8-9(12)4-3-5-10(8)13/h3-5H,1,6H2,2H3. The summed E-state index contributed by atoms with van der Waals surface area (Å²) < 4.78 is 30.7. The maximum atomic E-state index is 13.0. The number of halogens is 2. The van der Waals surface area contributed by atoms with Crippen LogP contribution >= 0.6 is 0 Å². The normalized spacial score (nSPS) is 9.80. The van der Waals surface area contributed by atoms with E-state index >= 15 is 0 Å². The highest BCUT2D eigenvalue weighted by molar-refractivity contribution is 5.86. The SMILES string of the molecule is C=C(C)C(=O)OCc1c(F)cccc1F. The third-order valence-corrected chi connectivity index (χ3v) is 1.76. The van der Waals surface area contributed by atoms with Crippen molar-refractivity contribution in [3.8, 4) is 0 Å². The van der Waals surface area contributed by atoms with Crippen molar-refractivity contribution < 1.29 is 18.3 Å². The molecular weight excluding hydrogens is 202 g/mol. The molecule has 15 heavy (non-hydrogen) atoms. The van der Waals surface area contributed by atoms with Crippen LogP contribution in [0.4, 0.5) is 8.78 Å². The molecule has 0 N–H and O–H groups in total. The molecule has 0 atom stereocenters. The van der Waals surface area contributed by atoms with Crippen molar-refractivity contribution in [3.63, 3.8) is 0 Å². The zero-order valence-corrected chi connectivity index (χ0v) is 8.22. The number of ether oxygens (including phenoxy) is 1. The van der Waals surface area contributed by atoms with Gasteiger partial charge >= 0.3 is 5.97 Å². The molecule has 0 heterocycles. The van der Waals surface area contributed by atoms with E-state index in [4.69, 9.17) is 0 Å². The first-order chi connectivity index (χ1) is 7.02. The van der Waals surface area contributed by atoms with E-state index in [1.54, 1.807) is 0 Å². The Labute approximate surface area is 86.2 Å². The molecular formula is C11H10F2O2. The highest BCUT2D eigenvalue weighted by atomic mass is 19.1. The fourth-order valence-electron chi connectivity index (χ4n) is 0.931. The van der Waals surface area contributed by atoms with Crippen molar-refractivity contribution in [2.45, 2.75) is 13.5 Å². The summed E-state index contributed by atoms with van der Waals surface area (Å²) in [5.41, 5.74) is -0.0705. The van der Waals surface area contributed by atoms with Gasteiger partial charge in [0.25, 0.3) is 0 Å². The van der Waals surface area contributed by atoms with Gasteiger partial charge in [-0.15, -0.1) is 0 Å². The molecule has 0 spiro atoms. The van der Waals surface area contributed by atoms with E-state index in [-0.39, 0.29) is 11.1 Å². The number of carbonyl (C=O) groups excluding carboxylic acids is 1. The molecule has 1 aromatic carbocycles. The zero-order valence-electron chi connectivity index (χ0n) is 8.22. The van der Waals surface area contributed by atoms with E-state index in [9.17, 15) is 13.6 Å². The van der Waals surface area contributed by atoms with Crippen molar-refractivity contribution in [2.24, 2.45) is 0 Å². The van der Waals surface area contributed by atoms with Crippen LogP contribution in [0.25, 0.3) is 0 Å². The first-order valence-corrected chi connectivity index (χ1v) is 4.28. The average Bonchev–Trinajstić information content (AvgIpc) is 2.16. The molecule has 0 aliphatic carbocycles. The van der Waals surface area contributed by atoms with Gasteiger partial charge in [0.05, 0.1) is 5.56 Å². The molecule has 0 radical (unpaired) electrons. The topological polar surface area (TPSA) is 26.3 Å². The molecule has 0 amide bonds. The summed E-state index contributed by atoms with van der Waals surface area (Å²) in [7, 11) is 0. The lowest BCUT2D eigenvalue weighted by Gasteiger charge is -2.06. The summed E-state index contributed by atoms with van der Waals surface area (Å²) in [6.45, 7) is 4.38. The Morgan fingerprint density at radius 3 is 2.40 bits per heavy atom. The molecule has 0 saturated heterocycles. The molecule has 0 aliphatic rings. The summed E-state index contributed by atoms with van der Waals surface area (Å²) in [5, 5.41) is 0. The van der Waals surface area contributed by atoms with Crippen LogP contribution in [0, 0.1) is 11.6 Å². The van der Waals surface area contributed by atoms with Crippen molar-refractivity contribution in [1.82, 2.24) is 0 Å². The second kappa shape index (κ2) is 4.68. The number of carbonyl (C=O) groups is 1. The third kappa shape index (κ3) is 2.87. The minimum Gasteiger partial charge on any atom is -0.457 e. The van der Waals surface area contributed by atoms with Crippen LogP contribution in [0.3, 0.4) is 0 Å². The summed E-state index contributed by atoms with van der Waals surface area (Å²) >= 11 is 0. The molecule has 0 aliphatic heterocycles. The third-order valence-electron chi connectivity index (χ3n) is 1.76. The summed E-state index contributed by atoms with van der Waals surface area (Å²) in [4.78, 5) is 11.0. The Hall–Kier alpha value is -1.71. The summed E-state index contributed by atoms with van der Waals surface area (Å²) in [6, 6.07) is 3.45. The van der Waals surface area contributed by atoms with Crippen LogP contribution < -0.4 is 0 Å². The molecule has 0 unspecified atom stereocenters. The van der Waals surface area contributed by atoms with Gasteiger partial charge in [0.1, 0.15) is 18.2 Å². The molecule has 80 valence electrons. The minimum absolute atomic E-state index is 0.187. The van der Waals surface area contributed by atoms with E-state index < -0.39 is 24.2 Å². The lowest BCUT2D eigenvalue weighted by atomic mass is 10.2. The second-order valence-corrected chi connectivity index (χ2v) is 3.06. The molecule has 0 bridgehead atoms. The van der Waals surface area contributed by atoms with Gasteiger partial charge in [-0.25, -0.2) is 13.6 Å². The molecule has 1 aromatic rings. The predicted octanol–water partition coefficient (Wildman–Crippen LogP) is 2.58. The second-order valence-electron chi connectivity index (χ2n) is 3.06. The van der Waals surface area contributed by atoms with Crippen LogP contribution in [0.15, 0.2) is 30.4 Å². The number of esters is 1. The van der Waals surface area contributed by atoms with E-state index in [2.05, 4.69) is 11.3 Å². The van der Waals surface area contributed by atoms with Crippen LogP contribution in [-0.4, -0.2) is 5.97 Å². The minimum atomic E-state index is -0.732. The molecule has 0 aromatic heterocycles. The summed E-state index contributed by atoms with van der Waals surface area (Å²) in [5.74, 6) is -2.13. The fourth-order valence-corrected chi connectivity index (χ4v) is 0.931. The van der Waals surface area contributed by atoms with Gasteiger partial charge in [-0.05, 0) is 19.1 Å². The molecule has 2 nitrogen and oxygen atoms in total. The number of hydrogen-bond acceptors (Lipinski definition) is 2. The van der Waals surface area contributed by atoms with Gasteiger partial charge in [-0.1, -0.05) is 12.6 Å². The summed E-state index contributed by atoms with van der Waals surface area (Å²) in [6.07, 6.45) is 0. The van der Waals surface area contributed by atoms with Gasteiger partial charge in [0, 0.05) is 5.57 Å². The predicted molar refractivity (Wildman–Crippen MR) is 51.0 cm³/mol. The highest BCUT2D eigenvalue weighted by Gasteiger charge is 2.11. The van der Waals surface area contributed by atoms with E-state index in [1.165, 1.54) is 13.0 Å². The number of hydrogen-bond donors (Lipinski definition) is 0. The van der Waals surface area contributed by atoms with Crippen molar-refractivity contribution in [3.05, 3.63) is 47.5 Å². The Balaban J connectivity index is 2.73. The van der Waals surface area contributed by atoms with Crippen molar-refractivity contribution in [2.75, 3.05) is 0 Å². The zero-order chi connectivity index (χ0) is 11.4. The van der Waals surface area contributed by atoms with E-state index in [0.717, 1.165) is 12.1 Å².